The molecule has 0 aromatic heterocycles. The van der Waals surface area contributed by atoms with Gasteiger partial charge in [0, 0.05) is 24.8 Å². The van der Waals surface area contributed by atoms with Gasteiger partial charge in [0.25, 0.3) is 5.91 Å². The molecule has 0 unspecified atom stereocenters. The van der Waals surface area contributed by atoms with Gasteiger partial charge in [0.15, 0.2) is 5.76 Å². The zero-order valence-corrected chi connectivity index (χ0v) is 13.7. The summed E-state index contributed by atoms with van der Waals surface area (Å²) in [5.41, 5.74) is 0.727. The van der Waals surface area contributed by atoms with E-state index < -0.39 is 6.29 Å². The van der Waals surface area contributed by atoms with Crippen molar-refractivity contribution >= 4 is 11.6 Å². The summed E-state index contributed by atoms with van der Waals surface area (Å²) in [6.45, 7) is 4.61. The van der Waals surface area contributed by atoms with Crippen LogP contribution in [0.3, 0.4) is 0 Å². The van der Waals surface area contributed by atoms with Gasteiger partial charge in [0.1, 0.15) is 0 Å². The minimum Gasteiger partial charge on any atom is -0.459 e. The molecule has 23 heavy (non-hydrogen) atoms. The number of para-hydroxylation sites is 1. The van der Waals surface area contributed by atoms with Crippen molar-refractivity contribution in [1.29, 1.82) is 0 Å². The van der Waals surface area contributed by atoms with Crippen molar-refractivity contribution < 1.29 is 19.4 Å². The first-order valence-electron chi connectivity index (χ1n) is 8.13. The fourth-order valence-corrected chi connectivity index (χ4v) is 2.75. The molecule has 0 fully saturated rings. The van der Waals surface area contributed by atoms with Crippen LogP contribution in [0.4, 0.5) is 5.69 Å². The van der Waals surface area contributed by atoms with Gasteiger partial charge in [-0.2, -0.15) is 0 Å². The van der Waals surface area contributed by atoms with Crippen LogP contribution in [0.2, 0.25) is 0 Å². The molecule has 1 aromatic rings. The number of hydrogen-bond acceptors (Lipinski definition) is 4. The summed E-state index contributed by atoms with van der Waals surface area (Å²) in [6.07, 6.45) is 2.88. The summed E-state index contributed by atoms with van der Waals surface area (Å²) < 4.78 is 11.5. The minimum absolute atomic E-state index is 0.135. The first-order valence-corrected chi connectivity index (χ1v) is 8.13. The molecular formula is C18H25NO4. The molecular weight excluding hydrogens is 294 g/mol. The van der Waals surface area contributed by atoms with E-state index in [-0.39, 0.29) is 24.3 Å². The molecule has 126 valence electrons. The maximum Gasteiger partial charge on any atom is 0.290 e. The Hall–Kier alpha value is -1.85. The Morgan fingerprint density at radius 2 is 2.09 bits per heavy atom. The highest BCUT2D eigenvalue weighted by atomic mass is 16.7. The third-order valence-electron chi connectivity index (χ3n) is 3.96. The van der Waals surface area contributed by atoms with E-state index in [1.165, 1.54) is 0 Å². The highest BCUT2D eigenvalue weighted by molar-refractivity contribution is 6.02. The Balaban J connectivity index is 2.08. The SMILES string of the molecule is CCO[C@@H]1OC(C(=O)Nc2ccccc2)=C[C@H](C)[C@H]1CCCO. The first kappa shape index (κ1) is 17.5. The molecule has 5 heteroatoms. The van der Waals surface area contributed by atoms with Gasteiger partial charge in [-0.25, -0.2) is 0 Å². The molecule has 1 aliphatic rings. The molecule has 1 heterocycles. The van der Waals surface area contributed by atoms with E-state index in [0.29, 0.717) is 18.8 Å². The molecule has 0 radical (unpaired) electrons. The number of aliphatic hydroxyl groups excluding tert-OH is 1. The van der Waals surface area contributed by atoms with Crippen LogP contribution in [0.5, 0.6) is 0 Å². The van der Waals surface area contributed by atoms with Crippen LogP contribution in [0, 0.1) is 11.8 Å². The molecule has 3 atom stereocenters. The van der Waals surface area contributed by atoms with E-state index in [0.717, 1.165) is 12.1 Å². The summed E-state index contributed by atoms with van der Waals surface area (Å²) in [7, 11) is 0. The van der Waals surface area contributed by atoms with Gasteiger partial charge in [-0.3, -0.25) is 4.79 Å². The molecule has 0 spiro atoms. The number of hydrogen-bond donors (Lipinski definition) is 2. The number of aliphatic hydroxyl groups is 1. The van der Waals surface area contributed by atoms with Crippen molar-refractivity contribution in [3.63, 3.8) is 0 Å². The Bertz CT molecular complexity index is 529. The number of carbonyl (C=O) groups excluding carboxylic acids is 1. The fourth-order valence-electron chi connectivity index (χ4n) is 2.75. The van der Waals surface area contributed by atoms with Crippen LogP contribution in [0.15, 0.2) is 42.2 Å². The van der Waals surface area contributed by atoms with E-state index in [4.69, 9.17) is 14.6 Å². The van der Waals surface area contributed by atoms with Crippen LogP contribution < -0.4 is 5.32 Å². The molecule has 2 rings (SSSR count). The molecule has 0 bridgehead atoms. The highest BCUT2D eigenvalue weighted by Crippen LogP contribution is 2.32. The second kappa shape index (κ2) is 8.70. The molecule has 2 N–H and O–H groups in total. The predicted octanol–water partition coefficient (Wildman–Crippen LogP) is 2.93. The molecule has 0 saturated heterocycles. The second-order valence-corrected chi connectivity index (χ2v) is 5.68. The number of nitrogens with one attached hydrogen (secondary N) is 1. The van der Waals surface area contributed by atoms with Crippen LogP contribution in [-0.4, -0.2) is 30.5 Å². The van der Waals surface area contributed by atoms with Gasteiger partial charge in [-0.05, 0) is 43.9 Å². The largest absolute Gasteiger partial charge is 0.459 e. The average molecular weight is 319 g/mol. The van der Waals surface area contributed by atoms with Crippen molar-refractivity contribution in [3.8, 4) is 0 Å². The number of anilines is 1. The molecule has 1 aliphatic heterocycles. The van der Waals surface area contributed by atoms with E-state index in [9.17, 15) is 4.79 Å². The van der Waals surface area contributed by atoms with E-state index in [1.54, 1.807) is 0 Å². The van der Waals surface area contributed by atoms with Gasteiger partial charge in [-0.15, -0.1) is 0 Å². The number of amides is 1. The maximum atomic E-state index is 12.4. The van der Waals surface area contributed by atoms with Crippen molar-refractivity contribution in [1.82, 2.24) is 0 Å². The fraction of sp³-hybridized carbons (Fsp3) is 0.500. The normalized spacial score (nSPS) is 23.8. The van der Waals surface area contributed by atoms with E-state index in [2.05, 4.69) is 5.32 Å². The number of carbonyl (C=O) groups is 1. The van der Waals surface area contributed by atoms with Crippen molar-refractivity contribution in [3.05, 3.63) is 42.2 Å². The Morgan fingerprint density at radius 1 is 1.35 bits per heavy atom. The third kappa shape index (κ3) is 4.81. The summed E-state index contributed by atoms with van der Waals surface area (Å²) in [5.74, 6) is 0.298. The Morgan fingerprint density at radius 3 is 2.74 bits per heavy atom. The number of benzene rings is 1. The van der Waals surface area contributed by atoms with Crippen molar-refractivity contribution in [2.45, 2.75) is 33.0 Å². The lowest BCUT2D eigenvalue weighted by Gasteiger charge is -2.35. The summed E-state index contributed by atoms with van der Waals surface area (Å²) in [6, 6.07) is 9.28. The quantitative estimate of drug-likeness (QED) is 0.811. The zero-order valence-electron chi connectivity index (χ0n) is 13.7. The third-order valence-corrected chi connectivity index (χ3v) is 3.96. The van der Waals surface area contributed by atoms with Gasteiger partial charge in [-0.1, -0.05) is 25.1 Å². The molecule has 1 amide bonds. The second-order valence-electron chi connectivity index (χ2n) is 5.68. The molecule has 0 aliphatic carbocycles. The minimum atomic E-state index is -0.455. The lowest BCUT2D eigenvalue weighted by Crippen LogP contribution is -2.37. The molecule has 5 nitrogen and oxygen atoms in total. The summed E-state index contributed by atoms with van der Waals surface area (Å²) in [5, 5.41) is 11.9. The number of ether oxygens (including phenoxy) is 2. The lowest BCUT2D eigenvalue weighted by molar-refractivity contribution is -0.169. The van der Waals surface area contributed by atoms with Crippen molar-refractivity contribution in [2.75, 3.05) is 18.5 Å². The van der Waals surface area contributed by atoms with Crippen LogP contribution in [0.25, 0.3) is 0 Å². The molecule has 1 aromatic carbocycles. The van der Waals surface area contributed by atoms with E-state index >= 15 is 0 Å². The first-order chi connectivity index (χ1) is 11.2. The molecule has 0 saturated carbocycles. The van der Waals surface area contributed by atoms with Crippen LogP contribution in [-0.2, 0) is 14.3 Å². The number of rotatable bonds is 7. The maximum absolute atomic E-state index is 12.4. The Kier molecular flexibility index (Phi) is 6.62. The van der Waals surface area contributed by atoms with Gasteiger partial charge < -0.3 is 19.9 Å². The smallest absolute Gasteiger partial charge is 0.290 e. The Labute approximate surface area is 137 Å². The number of allylic oxidation sites excluding steroid dienone is 1. The predicted molar refractivity (Wildman–Crippen MR) is 88.6 cm³/mol. The zero-order chi connectivity index (χ0) is 16.7. The summed E-state index contributed by atoms with van der Waals surface area (Å²) in [4.78, 5) is 12.4. The topological polar surface area (TPSA) is 67.8 Å². The highest BCUT2D eigenvalue weighted by Gasteiger charge is 2.34. The van der Waals surface area contributed by atoms with Crippen LogP contribution >= 0.6 is 0 Å². The average Bonchev–Trinajstić information content (AvgIpc) is 2.55. The summed E-state index contributed by atoms with van der Waals surface area (Å²) >= 11 is 0. The van der Waals surface area contributed by atoms with Gasteiger partial charge in [0.05, 0.1) is 0 Å². The lowest BCUT2D eigenvalue weighted by atomic mass is 9.86. The van der Waals surface area contributed by atoms with Gasteiger partial charge in [0.2, 0.25) is 6.29 Å². The van der Waals surface area contributed by atoms with E-state index in [1.807, 2.05) is 50.3 Å². The van der Waals surface area contributed by atoms with Crippen molar-refractivity contribution in [2.24, 2.45) is 11.8 Å². The monoisotopic (exact) mass is 319 g/mol. The standard InChI is InChI=1S/C18H25NO4/c1-3-22-18-15(10-7-11-20)13(2)12-16(23-18)17(21)19-14-8-5-4-6-9-14/h4-6,8-9,12-13,15,18,20H,3,7,10-11H2,1-2H3,(H,19,21)/t13-,15+,18+/m0/s1. The van der Waals surface area contributed by atoms with Crippen LogP contribution in [0.1, 0.15) is 26.7 Å². The van der Waals surface area contributed by atoms with Gasteiger partial charge >= 0.3 is 0 Å².